The molecule has 1 aromatic carbocycles. The zero-order chi connectivity index (χ0) is 18.0. The minimum atomic E-state index is -3.20. The number of benzene rings is 1. The van der Waals surface area contributed by atoms with Crippen molar-refractivity contribution >= 4 is 43.6 Å². The van der Waals surface area contributed by atoms with Gasteiger partial charge in [-0.05, 0) is 43.3 Å². The quantitative estimate of drug-likeness (QED) is 0.650. The van der Waals surface area contributed by atoms with Crippen LogP contribution in [0.25, 0.3) is 11.3 Å². The zero-order valence-electron chi connectivity index (χ0n) is 13.7. The standard InChI is InChI=1S/C17H16ClN3O2S2/c1-11-9-12(7-8-19-11)16-15(10-18)24-17(21-16)20-13-3-5-14(6-4-13)25(2,22)23/h3-9H,10H2,1-2H3,(H,20,21). The summed E-state index contributed by atoms with van der Waals surface area (Å²) < 4.78 is 23.0. The molecule has 5 nitrogen and oxygen atoms in total. The molecule has 0 radical (unpaired) electrons. The molecule has 130 valence electrons. The molecule has 3 rings (SSSR count). The topological polar surface area (TPSA) is 72.0 Å². The third-order valence-electron chi connectivity index (χ3n) is 3.52. The first-order chi connectivity index (χ1) is 11.9. The number of hydrogen-bond acceptors (Lipinski definition) is 6. The number of sulfone groups is 1. The van der Waals surface area contributed by atoms with Crippen LogP contribution in [0.15, 0.2) is 47.5 Å². The van der Waals surface area contributed by atoms with Crippen LogP contribution in [0.3, 0.4) is 0 Å². The minimum absolute atomic E-state index is 0.284. The van der Waals surface area contributed by atoms with E-state index in [9.17, 15) is 8.42 Å². The molecule has 0 saturated carbocycles. The average molecular weight is 394 g/mol. The van der Waals surface area contributed by atoms with Crippen LogP contribution in [0, 0.1) is 6.92 Å². The summed E-state index contributed by atoms with van der Waals surface area (Å²) in [4.78, 5) is 10.1. The van der Waals surface area contributed by atoms with Crippen molar-refractivity contribution in [3.8, 4) is 11.3 Å². The Morgan fingerprint density at radius 2 is 1.92 bits per heavy atom. The van der Waals surface area contributed by atoms with E-state index in [1.54, 1.807) is 30.5 Å². The summed E-state index contributed by atoms with van der Waals surface area (Å²) in [6.07, 6.45) is 2.94. The summed E-state index contributed by atoms with van der Waals surface area (Å²) in [5, 5.41) is 3.90. The van der Waals surface area contributed by atoms with Gasteiger partial charge < -0.3 is 5.32 Å². The number of nitrogens with zero attached hydrogens (tertiary/aromatic N) is 2. The normalized spacial score (nSPS) is 11.5. The largest absolute Gasteiger partial charge is 0.332 e. The summed E-state index contributed by atoms with van der Waals surface area (Å²) >= 11 is 7.54. The molecule has 3 aromatic rings. The number of rotatable bonds is 5. The van der Waals surface area contributed by atoms with Crippen molar-refractivity contribution in [3.63, 3.8) is 0 Å². The average Bonchev–Trinajstić information content (AvgIpc) is 2.97. The van der Waals surface area contributed by atoms with Gasteiger partial charge in [-0.15, -0.1) is 11.6 Å². The van der Waals surface area contributed by atoms with Crippen molar-refractivity contribution in [2.45, 2.75) is 17.7 Å². The summed E-state index contributed by atoms with van der Waals surface area (Å²) in [7, 11) is -3.20. The molecular formula is C17H16ClN3O2S2. The lowest BCUT2D eigenvalue weighted by Crippen LogP contribution is -1.97. The number of anilines is 2. The molecule has 0 bridgehead atoms. The predicted molar refractivity (Wildman–Crippen MR) is 102 cm³/mol. The third-order valence-corrected chi connectivity index (χ3v) is 6.05. The highest BCUT2D eigenvalue weighted by Crippen LogP contribution is 2.34. The van der Waals surface area contributed by atoms with E-state index in [1.807, 2.05) is 19.1 Å². The van der Waals surface area contributed by atoms with Crippen molar-refractivity contribution in [3.05, 3.63) is 53.2 Å². The molecule has 0 spiro atoms. The van der Waals surface area contributed by atoms with E-state index in [-0.39, 0.29) is 4.90 Å². The molecule has 0 atom stereocenters. The molecule has 0 saturated heterocycles. The number of aromatic nitrogens is 2. The van der Waals surface area contributed by atoms with Crippen molar-refractivity contribution in [1.29, 1.82) is 0 Å². The number of alkyl halides is 1. The van der Waals surface area contributed by atoms with Crippen molar-refractivity contribution in [1.82, 2.24) is 9.97 Å². The van der Waals surface area contributed by atoms with Crippen LogP contribution >= 0.6 is 22.9 Å². The number of hydrogen-bond donors (Lipinski definition) is 1. The molecule has 0 amide bonds. The summed E-state index contributed by atoms with van der Waals surface area (Å²) in [6, 6.07) is 10.4. The predicted octanol–water partition coefficient (Wildman–Crippen LogP) is 4.40. The summed E-state index contributed by atoms with van der Waals surface area (Å²) in [5.74, 6) is 0.364. The number of pyridine rings is 1. The fourth-order valence-corrected chi connectivity index (χ4v) is 4.10. The van der Waals surface area contributed by atoms with Gasteiger partial charge in [-0.3, -0.25) is 4.98 Å². The van der Waals surface area contributed by atoms with Gasteiger partial charge in [0.15, 0.2) is 15.0 Å². The number of nitrogens with one attached hydrogen (secondary N) is 1. The molecule has 8 heteroatoms. The molecule has 0 aliphatic rings. The first kappa shape index (κ1) is 17.8. The van der Waals surface area contributed by atoms with Crippen molar-refractivity contribution in [2.75, 3.05) is 11.6 Å². The van der Waals surface area contributed by atoms with Gasteiger partial charge in [0.05, 0.1) is 16.5 Å². The van der Waals surface area contributed by atoms with Crippen LogP contribution < -0.4 is 5.32 Å². The van der Waals surface area contributed by atoms with Gasteiger partial charge in [0.25, 0.3) is 0 Å². The van der Waals surface area contributed by atoms with E-state index in [4.69, 9.17) is 11.6 Å². The summed E-state index contributed by atoms with van der Waals surface area (Å²) in [6.45, 7) is 1.93. The Hall–Kier alpha value is -1.96. The lowest BCUT2D eigenvalue weighted by Gasteiger charge is -2.04. The molecule has 0 fully saturated rings. The number of thiazole rings is 1. The highest BCUT2D eigenvalue weighted by atomic mass is 35.5. The lowest BCUT2D eigenvalue weighted by atomic mass is 10.1. The second kappa shape index (κ2) is 7.11. The first-order valence-corrected chi connectivity index (χ1v) is 10.7. The second-order valence-corrected chi connectivity index (χ2v) is 8.90. The fraction of sp³-hybridized carbons (Fsp3) is 0.176. The second-order valence-electron chi connectivity index (χ2n) is 5.53. The minimum Gasteiger partial charge on any atom is -0.332 e. The monoisotopic (exact) mass is 393 g/mol. The van der Waals surface area contributed by atoms with E-state index in [1.165, 1.54) is 17.6 Å². The Morgan fingerprint density at radius 3 is 2.52 bits per heavy atom. The van der Waals surface area contributed by atoms with Gasteiger partial charge in [0, 0.05) is 34.3 Å². The van der Waals surface area contributed by atoms with Crippen LogP contribution in [-0.4, -0.2) is 24.6 Å². The number of aryl methyl sites for hydroxylation is 1. The Balaban J connectivity index is 1.89. The molecule has 0 unspecified atom stereocenters. The maximum Gasteiger partial charge on any atom is 0.188 e. The van der Waals surface area contributed by atoms with E-state index < -0.39 is 9.84 Å². The highest BCUT2D eigenvalue weighted by Gasteiger charge is 2.13. The lowest BCUT2D eigenvalue weighted by molar-refractivity contribution is 0.602. The van der Waals surface area contributed by atoms with E-state index in [2.05, 4.69) is 15.3 Å². The molecule has 0 aliphatic carbocycles. The van der Waals surface area contributed by atoms with E-state index >= 15 is 0 Å². The Kier molecular flexibility index (Phi) is 5.08. The van der Waals surface area contributed by atoms with Gasteiger partial charge in [0.1, 0.15) is 0 Å². The maximum absolute atomic E-state index is 11.5. The smallest absolute Gasteiger partial charge is 0.188 e. The molecule has 0 aliphatic heterocycles. The zero-order valence-corrected chi connectivity index (χ0v) is 16.0. The third kappa shape index (κ3) is 4.18. The molecule has 2 heterocycles. The fourth-order valence-electron chi connectivity index (χ4n) is 2.32. The number of halogens is 1. The SMILES string of the molecule is Cc1cc(-c2nc(Nc3ccc(S(C)(=O)=O)cc3)sc2CCl)ccn1. The van der Waals surface area contributed by atoms with Crippen molar-refractivity contribution in [2.24, 2.45) is 0 Å². The maximum atomic E-state index is 11.5. The van der Waals surface area contributed by atoms with E-state index in [0.29, 0.717) is 11.0 Å². The first-order valence-electron chi connectivity index (χ1n) is 7.42. The molecule has 1 N–H and O–H groups in total. The summed E-state index contributed by atoms with van der Waals surface area (Å²) in [5.41, 5.74) is 3.48. The van der Waals surface area contributed by atoms with Gasteiger partial charge in [0.2, 0.25) is 0 Å². The molecule has 2 aromatic heterocycles. The Labute approximate surface area is 155 Å². The van der Waals surface area contributed by atoms with Crippen LogP contribution in [0.5, 0.6) is 0 Å². The van der Waals surface area contributed by atoms with Crippen LogP contribution in [0.4, 0.5) is 10.8 Å². The van der Waals surface area contributed by atoms with Crippen LogP contribution in [0.1, 0.15) is 10.6 Å². The molecule has 25 heavy (non-hydrogen) atoms. The Morgan fingerprint density at radius 1 is 1.20 bits per heavy atom. The highest BCUT2D eigenvalue weighted by molar-refractivity contribution is 7.90. The van der Waals surface area contributed by atoms with Crippen LogP contribution in [-0.2, 0) is 15.7 Å². The van der Waals surface area contributed by atoms with Gasteiger partial charge in [-0.2, -0.15) is 0 Å². The van der Waals surface area contributed by atoms with E-state index in [0.717, 1.165) is 27.5 Å². The van der Waals surface area contributed by atoms with Gasteiger partial charge >= 0.3 is 0 Å². The molecular weight excluding hydrogens is 378 g/mol. The van der Waals surface area contributed by atoms with Crippen LogP contribution in [0.2, 0.25) is 0 Å². The van der Waals surface area contributed by atoms with Gasteiger partial charge in [-0.25, -0.2) is 13.4 Å². The Bertz CT molecular complexity index is 999. The van der Waals surface area contributed by atoms with Crippen molar-refractivity contribution < 1.29 is 8.42 Å². The van der Waals surface area contributed by atoms with Gasteiger partial charge in [-0.1, -0.05) is 11.3 Å².